The van der Waals surface area contributed by atoms with Crippen LogP contribution in [0.4, 0.5) is 0 Å². The SMILES string of the molecule is C=CC=C.C=Cc1ccccc1C=C.CCOCC.c1ccc(-c2ccccc2)cc1. The molecule has 0 aromatic heterocycles. The standard InChI is InChI=1S/C12H10.C10H10.C4H10O.C4H6/c1-3-7-11(8-4-1)12-9-5-2-6-10-12;1-3-9-7-5-6-8-10(9)4-2;1-3-5-4-2;1-3-4-2/h1-10H;3-8H,1-2H2;3-4H2,1-2H3;3-4H,1-2H2. The molecule has 0 atom stereocenters. The average Bonchev–Trinajstić information content (AvgIpc) is 2.86. The highest BCUT2D eigenvalue weighted by Crippen LogP contribution is 2.17. The Labute approximate surface area is 189 Å². The first kappa shape index (κ1) is 27.6. The number of allylic oxidation sites excluding steroid dienone is 2. The van der Waals surface area contributed by atoms with Crippen molar-refractivity contribution in [2.75, 3.05) is 13.2 Å². The van der Waals surface area contributed by atoms with Crippen molar-refractivity contribution < 1.29 is 4.74 Å². The van der Waals surface area contributed by atoms with Gasteiger partial charge in [-0.3, -0.25) is 0 Å². The number of hydrogen-bond acceptors (Lipinski definition) is 1. The molecule has 0 saturated heterocycles. The molecule has 0 aliphatic carbocycles. The maximum Gasteiger partial charge on any atom is 0.0437 e. The van der Waals surface area contributed by atoms with Crippen LogP contribution in [0, 0.1) is 0 Å². The second kappa shape index (κ2) is 19.9. The molecule has 3 rings (SSSR count). The Kier molecular flexibility index (Phi) is 17.7. The molecule has 0 aliphatic rings. The third-order valence-electron chi connectivity index (χ3n) is 3.89. The van der Waals surface area contributed by atoms with Gasteiger partial charge in [-0.25, -0.2) is 0 Å². The van der Waals surface area contributed by atoms with Crippen LogP contribution >= 0.6 is 0 Å². The van der Waals surface area contributed by atoms with E-state index in [4.69, 9.17) is 4.74 Å². The number of ether oxygens (including phenoxy) is 1. The first-order chi connectivity index (χ1) is 15.2. The molecule has 1 nitrogen and oxygen atoms in total. The van der Waals surface area contributed by atoms with Crippen LogP contribution in [-0.2, 0) is 4.74 Å². The fourth-order valence-corrected chi connectivity index (χ4v) is 2.35. The summed E-state index contributed by atoms with van der Waals surface area (Å²) in [6.07, 6.45) is 6.94. The highest BCUT2D eigenvalue weighted by atomic mass is 16.5. The molecule has 1 heteroatoms. The van der Waals surface area contributed by atoms with Gasteiger partial charge in [0.2, 0.25) is 0 Å². The molecule has 0 aliphatic heterocycles. The van der Waals surface area contributed by atoms with Crippen molar-refractivity contribution in [3.8, 4) is 11.1 Å². The molecule has 162 valence electrons. The van der Waals surface area contributed by atoms with E-state index in [2.05, 4.69) is 74.8 Å². The van der Waals surface area contributed by atoms with Gasteiger partial charge in [0.15, 0.2) is 0 Å². The topological polar surface area (TPSA) is 9.23 Å². The Morgan fingerprint density at radius 2 is 0.871 bits per heavy atom. The molecule has 31 heavy (non-hydrogen) atoms. The minimum Gasteiger partial charge on any atom is -0.382 e. The third kappa shape index (κ3) is 13.4. The van der Waals surface area contributed by atoms with Crippen LogP contribution in [-0.4, -0.2) is 13.2 Å². The van der Waals surface area contributed by atoms with Gasteiger partial charge in [-0.1, -0.05) is 136 Å². The molecule has 0 unspecified atom stereocenters. The van der Waals surface area contributed by atoms with E-state index < -0.39 is 0 Å². The van der Waals surface area contributed by atoms with Crippen LogP contribution < -0.4 is 0 Å². The molecule has 0 amide bonds. The van der Waals surface area contributed by atoms with E-state index in [-0.39, 0.29) is 0 Å². The number of hydrogen-bond donors (Lipinski definition) is 0. The fraction of sp³-hybridized carbons (Fsp3) is 0.133. The zero-order valence-electron chi connectivity index (χ0n) is 19.0. The lowest BCUT2D eigenvalue weighted by Crippen LogP contribution is -1.84. The normalized spacial score (nSPS) is 8.58. The highest BCUT2D eigenvalue weighted by Gasteiger charge is 1.92. The predicted octanol–water partition coefficient (Wildman–Crippen LogP) is 8.73. The summed E-state index contributed by atoms with van der Waals surface area (Å²) in [7, 11) is 0. The Hall–Kier alpha value is -3.42. The van der Waals surface area contributed by atoms with Gasteiger partial charge in [0, 0.05) is 13.2 Å². The Bertz CT molecular complexity index is 775. The van der Waals surface area contributed by atoms with Crippen molar-refractivity contribution in [3.63, 3.8) is 0 Å². The fourth-order valence-electron chi connectivity index (χ4n) is 2.35. The summed E-state index contributed by atoms with van der Waals surface area (Å²) < 4.78 is 4.83. The maximum absolute atomic E-state index is 4.83. The van der Waals surface area contributed by atoms with Crippen LogP contribution in [0.1, 0.15) is 25.0 Å². The highest BCUT2D eigenvalue weighted by molar-refractivity contribution is 5.63. The van der Waals surface area contributed by atoms with Crippen molar-refractivity contribution >= 4 is 12.2 Å². The zero-order valence-corrected chi connectivity index (χ0v) is 19.0. The van der Waals surface area contributed by atoms with Crippen molar-refractivity contribution in [1.29, 1.82) is 0 Å². The summed E-state index contributed by atoms with van der Waals surface area (Å²) >= 11 is 0. The summed E-state index contributed by atoms with van der Waals surface area (Å²) in [5.74, 6) is 0. The monoisotopic (exact) mass is 412 g/mol. The Morgan fingerprint density at radius 3 is 1.10 bits per heavy atom. The van der Waals surface area contributed by atoms with Crippen molar-refractivity contribution in [3.05, 3.63) is 135 Å². The van der Waals surface area contributed by atoms with E-state index >= 15 is 0 Å². The Balaban J connectivity index is 0.000000428. The lowest BCUT2D eigenvalue weighted by molar-refractivity contribution is 0.162. The van der Waals surface area contributed by atoms with E-state index in [0.717, 1.165) is 24.3 Å². The second-order valence-corrected chi connectivity index (χ2v) is 6.02. The lowest BCUT2D eigenvalue weighted by Gasteiger charge is -1.98. The van der Waals surface area contributed by atoms with Gasteiger partial charge >= 0.3 is 0 Å². The molecule has 0 fully saturated rings. The Morgan fingerprint density at radius 1 is 0.548 bits per heavy atom. The molecule has 0 N–H and O–H groups in total. The molecular formula is C30H36O. The van der Waals surface area contributed by atoms with E-state index in [0.29, 0.717) is 0 Å². The molecule has 0 spiro atoms. The summed E-state index contributed by atoms with van der Waals surface area (Å²) in [4.78, 5) is 0. The maximum atomic E-state index is 4.83. The lowest BCUT2D eigenvalue weighted by atomic mass is 10.1. The van der Waals surface area contributed by atoms with Gasteiger partial charge in [0.05, 0.1) is 0 Å². The second-order valence-electron chi connectivity index (χ2n) is 6.02. The van der Waals surface area contributed by atoms with E-state index in [1.807, 2.05) is 62.4 Å². The minimum absolute atomic E-state index is 0.844. The van der Waals surface area contributed by atoms with E-state index in [1.54, 1.807) is 12.2 Å². The molecule has 0 radical (unpaired) electrons. The van der Waals surface area contributed by atoms with E-state index in [9.17, 15) is 0 Å². The van der Waals surface area contributed by atoms with Crippen LogP contribution in [0.5, 0.6) is 0 Å². The quantitative estimate of drug-likeness (QED) is 0.368. The summed E-state index contributed by atoms with van der Waals surface area (Å²) in [6.45, 7) is 19.8. The summed E-state index contributed by atoms with van der Waals surface area (Å²) in [5.41, 5.74) is 4.83. The minimum atomic E-state index is 0.844. The zero-order chi connectivity index (χ0) is 23.2. The van der Waals surface area contributed by atoms with Gasteiger partial charge in [0.25, 0.3) is 0 Å². The molecule has 0 heterocycles. The van der Waals surface area contributed by atoms with Gasteiger partial charge in [-0.2, -0.15) is 0 Å². The van der Waals surface area contributed by atoms with Crippen LogP contribution in [0.25, 0.3) is 23.3 Å². The predicted molar refractivity (Wildman–Crippen MR) is 141 cm³/mol. The van der Waals surface area contributed by atoms with Crippen molar-refractivity contribution in [1.82, 2.24) is 0 Å². The summed E-state index contributed by atoms with van der Waals surface area (Å²) in [5, 5.41) is 0. The van der Waals surface area contributed by atoms with Crippen molar-refractivity contribution in [2.45, 2.75) is 13.8 Å². The van der Waals surface area contributed by atoms with E-state index in [1.165, 1.54) is 11.1 Å². The molecule has 3 aromatic carbocycles. The molecular weight excluding hydrogens is 376 g/mol. The average molecular weight is 413 g/mol. The first-order valence-electron chi connectivity index (χ1n) is 10.4. The third-order valence-corrected chi connectivity index (χ3v) is 3.89. The molecule has 0 saturated carbocycles. The van der Waals surface area contributed by atoms with Crippen molar-refractivity contribution in [2.24, 2.45) is 0 Å². The van der Waals surface area contributed by atoms with Gasteiger partial charge in [0.1, 0.15) is 0 Å². The summed E-state index contributed by atoms with van der Waals surface area (Å²) in [6, 6.07) is 28.8. The molecule has 3 aromatic rings. The van der Waals surface area contributed by atoms with Gasteiger partial charge in [-0.15, -0.1) is 0 Å². The van der Waals surface area contributed by atoms with Crippen LogP contribution in [0.15, 0.2) is 123 Å². The van der Waals surface area contributed by atoms with Crippen LogP contribution in [0.2, 0.25) is 0 Å². The largest absolute Gasteiger partial charge is 0.382 e. The van der Waals surface area contributed by atoms with Gasteiger partial charge < -0.3 is 4.74 Å². The number of rotatable bonds is 6. The van der Waals surface area contributed by atoms with Crippen LogP contribution in [0.3, 0.4) is 0 Å². The van der Waals surface area contributed by atoms with Gasteiger partial charge in [-0.05, 0) is 36.1 Å². The smallest absolute Gasteiger partial charge is 0.0437 e. The first-order valence-corrected chi connectivity index (χ1v) is 10.4. The molecule has 0 bridgehead atoms. The number of benzene rings is 3.